The first kappa shape index (κ1) is 12.7. The Morgan fingerprint density at radius 1 is 1.32 bits per heavy atom. The summed E-state index contributed by atoms with van der Waals surface area (Å²) < 4.78 is 0. The number of hydrogen-bond donors (Lipinski definition) is 1. The Kier molecular flexibility index (Phi) is 3.31. The number of carbonyl (C=O) groups is 1. The highest BCUT2D eigenvalue weighted by Gasteiger charge is 2.52. The lowest BCUT2D eigenvalue weighted by atomic mass is 9.68. The monoisotopic (exact) mass is 259 g/mol. The molecule has 102 valence electrons. The van der Waals surface area contributed by atoms with Gasteiger partial charge in [-0.1, -0.05) is 43.2 Å². The molecule has 1 N–H and O–H groups in total. The van der Waals surface area contributed by atoms with Crippen molar-refractivity contribution in [1.82, 2.24) is 4.90 Å². The maximum absolute atomic E-state index is 11.7. The van der Waals surface area contributed by atoms with Gasteiger partial charge in [0, 0.05) is 19.6 Å². The van der Waals surface area contributed by atoms with Crippen molar-refractivity contribution < 1.29 is 9.90 Å². The van der Waals surface area contributed by atoms with Crippen LogP contribution < -0.4 is 0 Å². The third-order valence-electron chi connectivity index (χ3n) is 4.87. The second-order valence-corrected chi connectivity index (χ2v) is 6.06. The molecule has 2 aliphatic rings. The Hall–Kier alpha value is -1.35. The first-order valence-electron chi connectivity index (χ1n) is 7.20. The molecule has 1 aliphatic carbocycles. The molecule has 0 aromatic heterocycles. The fourth-order valence-electron chi connectivity index (χ4n) is 3.87. The summed E-state index contributed by atoms with van der Waals surface area (Å²) in [5.74, 6) is -0.227. The van der Waals surface area contributed by atoms with Gasteiger partial charge in [-0.3, -0.25) is 9.69 Å². The molecule has 0 bridgehead atoms. The Morgan fingerprint density at radius 2 is 2.11 bits per heavy atom. The molecule has 3 heteroatoms. The fraction of sp³-hybridized carbons (Fsp3) is 0.562. The lowest BCUT2D eigenvalue weighted by molar-refractivity contribution is -0.152. The summed E-state index contributed by atoms with van der Waals surface area (Å²) in [5, 5.41) is 9.66. The number of aliphatic carboxylic acids is 1. The Labute approximate surface area is 114 Å². The zero-order valence-electron chi connectivity index (χ0n) is 11.2. The van der Waals surface area contributed by atoms with Gasteiger partial charge in [-0.05, 0) is 24.3 Å². The minimum absolute atomic E-state index is 0.350. The molecule has 0 spiro atoms. The predicted octanol–water partition coefficient (Wildman–Crippen LogP) is 2.76. The lowest BCUT2D eigenvalue weighted by Crippen LogP contribution is -2.41. The second-order valence-electron chi connectivity index (χ2n) is 6.06. The summed E-state index contributed by atoms with van der Waals surface area (Å²) in [5.41, 5.74) is 0.814. The molecule has 1 saturated carbocycles. The van der Waals surface area contributed by atoms with E-state index in [-0.39, 0.29) is 0 Å². The molecule has 1 heterocycles. The second kappa shape index (κ2) is 4.97. The normalized spacial score (nSPS) is 31.1. The number of benzene rings is 1. The van der Waals surface area contributed by atoms with E-state index < -0.39 is 11.4 Å². The highest BCUT2D eigenvalue weighted by Crippen LogP contribution is 2.47. The van der Waals surface area contributed by atoms with Crippen LogP contribution in [0.1, 0.15) is 31.2 Å². The van der Waals surface area contributed by atoms with Gasteiger partial charge in [-0.15, -0.1) is 0 Å². The first-order chi connectivity index (χ1) is 9.21. The number of carboxylic acids is 1. The van der Waals surface area contributed by atoms with Gasteiger partial charge in [0.2, 0.25) is 0 Å². The van der Waals surface area contributed by atoms with Gasteiger partial charge in [0.15, 0.2) is 0 Å². The molecule has 0 radical (unpaired) electrons. The summed E-state index contributed by atoms with van der Waals surface area (Å²) in [6.45, 7) is 2.55. The van der Waals surface area contributed by atoms with Crippen LogP contribution in [-0.4, -0.2) is 29.1 Å². The smallest absolute Gasteiger partial charge is 0.311 e. The molecule has 3 rings (SSSR count). The van der Waals surface area contributed by atoms with Crippen molar-refractivity contribution in [3.63, 3.8) is 0 Å². The van der Waals surface area contributed by atoms with Crippen LogP contribution >= 0.6 is 0 Å². The van der Waals surface area contributed by atoms with Crippen molar-refractivity contribution in [3.05, 3.63) is 35.9 Å². The van der Waals surface area contributed by atoms with E-state index in [4.69, 9.17) is 0 Å². The van der Waals surface area contributed by atoms with Gasteiger partial charge < -0.3 is 5.11 Å². The molecule has 2 atom stereocenters. The quantitative estimate of drug-likeness (QED) is 0.907. The third-order valence-corrected chi connectivity index (χ3v) is 4.87. The van der Waals surface area contributed by atoms with E-state index in [0.29, 0.717) is 5.92 Å². The Balaban J connectivity index is 1.75. The molecular weight excluding hydrogens is 238 g/mol. The van der Waals surface area contributed by atoms with Crippen molar-refractivity contribution in [2.45, 2.75) is 32.2 Å². The van der Waals surface area contributed by atoms with Crippen molar-refractivity contribution in [1.29, 1.82) is 0 Å². The van der Waals surface area contributed by atoms with E-state index in [2.05, 4.69) is 17.0 Å². The van der Waals surface area contributed by atoms with E-state index in [1.807, 2.05) is 18.2 Å². The number of hydrogen-bond acceptors (Lipinski definition) is 2. The molecule has 19 heavy (non-hydrogen) atoms. The minimum atomic E-state index is -0.576. The summed E-state index contributed by atoms with van der Waals surface area (Å²) in [7, 11) is 0. The summed E-state index contributed by atoms with van der Waals surface area (Å²) in [6.07, 6.45) is 4.21. The predicted molar refractivity (Wildman–Crippen MR) is 73.7 cm³/mol. The summed E-state index contributed by atoms with van der Waals surface area (Å²) in [4.78, 5) is 14.1. The van der Waals surface area contributed by atoms with Crippen LogP contribution in [0.25, 0.3) is 0 Å². The van der Waals surface area contributed by atoms with Crippen molar-refractivity contribution in [2.24, 2.45) is 11.3 Å². The maximum Gasteiger partial charge on any atom is 0.311 e. The van der Waals surface area contributed by atoms with E-state index in [1.54, 1.807) is 0 Å². The fourth-order valence-corrected chi connectivity index (χ4v) is 3.87. The number of likely N-dealkylation sites (tertiary alicyclic amines) is 1. The molecule has 0 unspecified atom stereocenters. The molecular formula is C16H21NO2. The number of nitrogens with zero attached hydrogens (tertiary/aromatic N) is 1. The first-order valence-corrected chi connectivity index (χ1v) is 7.20. The van der Waals surface area contributed by atoms with E-state index in [1.165, 1.54) is 12.0 Å². The van der Waals surface area contributed by atoms with Gasteiger partial charge in [0.05, 0.1) is 5.41 Å². The molecule has 1 aromatic rings. The average Bonchev–Trinajstić information content (AvgIpc) is 2.79. The SMILES string of the molecule is O=C(O)[C@@]12CCCC[C@@H]1CN(Cc1ccccc1)C2. The minimum Gasteiger partial charge on any atom is -0.481 e. The summed E-state index contributed by atoms with van der Waals surface area (Å²) >= 11 is 0. The molecule has 1 aliphatic heterocycles. The van der Waals surface area contributed by atoms with Gasteiger partial charge in [0.1, 0.15) is 0 Å². The van der Waals surface area contributed by atoms with Gasteiger partial charge >= 0.3 is 5.97 Å². The van der Waals surface area contributed by atoms with E-state index in [9.17, 15) is 9.90 Å². The van der Waals surface area contributed by atoms with Gasteiger partial charge in [-0.25, -0.2) is 0 Å². The Bertz CT molecular complexity index is 459. The van der Waals surface area contributed by atoms with E-state index in [0.717, 1.165) is 38.9 Å². The van der Waals surface area contributed by atoms with Crippen LogP contribution in [0.15, 0.2) is 30.3 Å². The third kappa shape index (κ3) is 2.27. The largest absolute Gasteiger partial charge is 0.481 e. The molecule has 1 aromatic carbocycles. The number of rotatable bonds is 3. The zero-order valence-corrected chi connectivity index (χ0v) is 11.2. The number of fused-ring (bicyclic) bond motifs is 1. The van der Waals surface area contributed by atoms with Crippen molar-refractivity contribution in [2.75, 3.05) is 13.1 Å². The highest BCUT2D eigenvalue weighted by atomic mass is 16.4. The summed E-state index contributed by atoms with van der Waals surface area (Å²) in [6, 6.07) is 10.4. The van der Waals surface area contributed by atoms with Crippen LogP contribution in [0.3, 0.4) is 0 Å². The molecule has 3 nitrogen and oxygen atoms in total. The van der Waals surface area contributed by atoms with Crippen LogP contribution in [-0.2, 0) is 11.3 Å². The molecule has 1 saturated heterocycles. The average molecular weight is 259 g/mol. The highest BCUT2D eigenvalue weighted by molar-refractivity contribution is 5.76. The van der Waals surface area contributed by atoms with Crippen LogP contribution in [0.5, 0.6) is 0 Å². The van der Waals surface area contributed by atoms with Crippen molar-refractivity contribution >= 4 is 5.97 Å². The molecule has 0 amide bonds. The van der Waals surface area contributed by atoms with Gasteiger partial charge in [-0.2, -0.15) is 0 Å². The van der Waals surface area contributed by atoms with Crippen LogP contribution in [0.2, 0.25) is 0 Å². The van der Waals surface area contributed by atoms with Crippen LogP contribution in [0.4, 0.5) is 0 Å². The zero-order chi connectivity index (χ0) is 13.3. The molecule has 2 fully saturated rings. The maximum atomic E-state index is 11.7. The standard InChI is InChI=1S/C16H21NO2/c18-15(19)16-9-5-4-8-14(16)11-17(12-16)10-13-6-2-1-3-7-13/h1-3,6-7,14H,4-5,8-12H2,(H,18,19)/t14-,16-/m1/s1. The van der Waals surface area contributed by atoms with Gasteiger partial charge in [0.25, 0.3) is 0 Å². The van der Waals surface area contributed by atoms with Crippen molar-refractivity contribution in [3.8, 4) is 0 Å². The number of carboxylic acid groups (broad SMARTS) is 1. The Morgan fingerprint density at radius 3 is 2.79 bits per heavy atom. The van der Waals surface area contributed by atoms with Crippen LogP contribution in [0, 0.1) is 11.3 Å². The van der Waals surface area contributed by atoms with E-state index >= 15 is 0 Å². The lowest BCUT2D eigenvalue weighted by Gasteiger charge is -2.34. The topological polar surface area (TPSA) is 40.5 Å².